The fourth-order valence-corrected chi connectivity index (χ4v) is 2.19. The van der Waals surface area contributed by atoms with Gasteiger partial charge in [0.1, 0.15) is 0 Å². The molecule has 1 aromatic carbocycles. The Kier molecular flexibility index (Phi) is 4.20. The molecule has 0 saturated carbocycles. The fraction of sp³-hybridized carbons (Fsp3) is 0.312. The summed E-state index contributed by atoms with van der Waals surface area (Å²) in [6.45, 7) is 1.18. The van der Waals surface area contributed by atoms with Gasteiger partial charge in [-0.1, -0.05) is 42.3 Å². The fourth-order valence-electron chi connectivity index (χ4n) is 2.19. The summed E-state index contributed by atoms with van der Waals surface area (Å²) in [4.78, 5) is 13.9. The number of carbonyl (C=O) groups excluding carboxylic acids is 1. The Balaban J connectivity index is 2.16. The Morgan fingerprint density at radius 1 is 1.28 bits per heavy atom. The van der Waals surface area contributed by atoms with Gasteiger partial charge < -0.3 is 4.90 Å². The van der Waals surface area contributed by atoms with E-state index in [4.69, 9.17) is 6.42 Å². The highest BCUT2D eigenvalue weighted by atomic mass is 16.1. The van der Waals surface area contributed by atoms with Crippen molar-refractivity contribution in [3.05, 3.63) is 47.7 Å². The minimum atomic E-state index is 0.215. The van der Waals surface area contributed by atoms with Gasteiger partial charge in [0.15, 0.2) is 5.78 Å². The van der Waals surface area contributed by atoms with E-state index in [9.17, 15) is 4.79 Å². The van der Waals surface area contributed by atoms with Gasteiger partial charge in [-0.2, -0.15) is 0 Å². The monoisotopic (exact) mass is 239 g/mol. The molecule has 0 aliphatic heterocycles. The quantitative estimate of drug-likeness (QED) is 0.753. The van der Waals surface area contributed by atoms with Gasteiger partial charge in [-0.3, -0.25) is 4.79 Å². The zero-order valence-corrected chi connectivity index (χ0v) is 10.4. The van der Waals surface area contributed by atoms with Crippen LogP contribution in [0, 0.1) is 12.3 Å². The first kappa shape index (κ1) is 12.4. The number of benzene rings is 1. The van der Waals surface area contributed by atoms with Gasteiger partial charge in [-0.25, -0.2) is 0 Å². The minimum absolute atomic E-state index is 0.215. The Bertz CT molecular complexity index is 482. The summed E-state index contributed by atoms with van der Waals surface area (Å²) in [5, 5.41) is 0. The predicted octanol–water partition coefficient (Wildman–Crippen LogP) is 2.76. The first-order chi connectivity index (χ1) is 8.81. The smallest absolute Gasteiger partial charge is 0.178 e. The number of rotatable bonds is 4. The third-order valence-corrected chi connectivity index (χ3v) is 3.07. The van der Waals surface area contributed by atoms with Crippen molar-refractivity contribution in [1.29, 1.82) is 0 Å². The molecular weight excluding hydrogens is 222 g/mol. The van der Waals surface area contributed by atoms with E-state index >= 15 is 0 Å². The second kappa shape index (κ2) is 6.07. The van der Waals surface area contributed by atoms with Gasteiger partial charge in [-0.15, -0.1) is 6.42 Å². The molecule has 0 atom stereocenters. The first-order valence-electron chi connectivity index (χ1n) is 6.27. The lowest BCUT2D eigenvalue weighted by molar-refractivity contribution is -0.117. The van der Waals surface area contributed by atoms with Crippen molar-refractivity contribution in [1.82, 2.24) is 4.90 Å². The zero-order chi connectivity index (χ0) is 12.8. The summed E-state index contributed by atoms with van der Waals surface area (Å²) in [7, 11) is 0. The highest BCUT2D eigenvalue weighted by molar-refractivity contribution is 5.95. The van der Waals surface area contributed by atoms with Crippen LogP contribution in [0.4, 0.5) is 0 Å². The van der Waals surface area contributed by atoms with Crippen LogP contribution in [0.5, 0.6) is 0 Å². The maximum atomic E-state index is 11.9. The molecule has 0 fully saturated rings. The average molecular weight is 239 g/mol. The lowest BCUT2D eigenvalue weighted by Gasteiger charge is -2.26. The van der Waals surface area contributed by atoms with Crippen LogP contribution in [0.2, 0.25) is 0 Å². The Hall–Kier alpha value is -2.01. The van der Waals surface area contributed by atoms with E-state index in [1.807, 2.05) is 29.2 Å². The van der Waals surface area contributed by atoms with Crippen molar-refractivity contribution in [2.24, 2.45) is 0 Å². The summed E-state index contributed by atoms with van der Waals surface area (Å²) in [5.74, 6) is 2.85. The molecule has 0 heterocycles. The van der Waals surface area contributed by atoms with E-state index in [2.05, 4.69) is 18.1 Å². The number of ketones is 1. The molecule has 1 aliphatic carbocycles. The lowest BCUT2D eigenvalue weighted by atomic mass is 10.0. The maximum Gasteiger partial charge on any atom is 0.178 e. The van der Waals surface area contributed by atoms with E-state index in [0.29, 0.717) is 19.5 Å². The van der Waals surface area contributed by atoms with Crippen LogP contribution in [0.25, 0.3) is 0 Å². The Morgan fingerprint density at radius 3 is 2.72 bits per heavy atom. The summed E-state index contributed by atoms with van der Waals surface area (Å²) >= 11 is 0. The maximum absolute atomic E-state index is 11.9. The third kappa shape index (κ3) is 3.01. The number of Topliss-reactive ketones (excluding diaryl/α,β-unsaturated/α-hetero) is 1. The van der Waals surface area contributed by atoms with Crippen LogP contribution in [0.15, 0.2) is 42.1 Å². The summed E-state index contributed by atoms with van der Waals surface area (Å²) in [5.41, 5.74) is 1.97. The van der Waals surface area contributed by atoms with Crippen LogP contribution in [-0.4, -0.2) is 17.2 Å². The molecule has 18 heavy (non-hydrogen) atoms. The Morgan fingerprint density at radius 2 is 2.06 bits per heavy atom. The third-order valence-electron chi connectivity index (χ3n) is 3.07. The van der Waals surface area contributed by atoms with Crippen LogP contribution in [0.1, 0.15) is 24.8 Å². The summed E-state index contributed by atoms with van der Waals surface area (Å²) in [6, 6.07) is 10.1. The van der Waals surface area contributed by atoms with Gasteiger partial charge in [0.05, 0.1) is 12.2 Å². The van der Waals surface area contributed by atoms with Crippen molar-refractivity contribution in [3.8, 4) is 12.3 Å². The largest absolute Gasteiger partial charge is 0.353 e. The van der Waals surface area contributed by atoms with Crippen molar-refractivity contribution >= 4 is 5.78 Å². The van der Waals surface area contributed by atoms with Gasteiger partial charge in [0, 0.05) is 13.0 Å². The van der Waals surface area contributed by atoms with Crippen molar-refractivity contribution in [3.63, 3.8) is 0 Å². The molecule has 0 saturated heterocycles. The van der Waals surface area contributed by atoms with E-state index in [0.717, 1.165) is 18.5 Å². The van der Waals surface area contributed by atoms with E-state index in [1.165, 1.54) is 5.56 Å². The molecule has 0 N–H and O–H groups in total. The number of allylic oxidation sites excluding steroid dienone is 2. The van der Waals surface area contributed by atoms with Gasteiger partial charge in [0.25, 0.3) is 0 Å². The number of nitrogens with zero attached hydrogens (tertiary/aromatic N) is 1. The lowest BCUT2D eigenvalue weighted by Crippen LogP contribution is -2.29. The van der Waals surface area contributed by atoms with Crippen LogP contribution in [-0.2, 0) is 11.3 Å². The molecule has 1 aliphatic rings. The predicted molar refractivity (Wildman–Crippen MR) is 72.6 cm³/mol. The number of carbonyl (C=O) groups is 1. The molecule has 2 rings (SSSR count). The van der Waals surface area contributed by atoms with Crippen molar-refractivity contribution < 1.29 is 4.79 Å². The number of hydrogen-bond acceptors (Lipinski definition) is 2. The second-order valence-corrected chi connectivity index (χ2v) is 4.45. The van der Waals surface area contributed by atoms with Crippen molar-refractivity contribution in [2.75, 3.05) is 6.54 Å². The molecule has 1 aromatic rings. The van der Waals surface area contributed by atoms with Crippen LogP contribution in [0.3, 0.4) is 0 Å². The average Bonchev–Trinajstić information content (AvgIpc) is 2.40. The SMILES string of the molecule is C#CCN(Cc1ccccc1)C1=CCCCC1=O. The molecule has 0 unspecified atom stereocenters. The van der Waals surface area contributed by atoms with Crippen LogP contribution < -0.4 is 0 Å². The minimum Gasteiger partial charge on any atom is -0.353 e. The summed E-state index contributed by atoms with van der Waals surface area (Å²) in [6.07, 6.45) is 9.99. The van der Waals surface area contributed by atoms with Crippen molar-refractivity contribution in [2.45, 2.75) is 25.8 Å². The Labute approximate surface area is 108 Å². The number of terminal acetylenes is 1. The molecular formula is C16H17NO. The van der Waals surface area contributed by atoms with Gasteiger partial charge >= 0.3 is 0 Å². The highest BCUT2D eigenvalue weighted by Crippen LogP contribution is 2.19. The highest BCUT2D eigenvalue weighted by Gasteiger charge is 2.19. The van der Waals surface area contributed by atoms with E-state index < -0.39 is 0 Å². The normalized spacial score (nSPS) is 14.8. The molecule has 0 bridgehead atoms. The van der Waals surface area contributed by atoms with E-state index in [-0.39, 0.29) is 5.78 Å². The molecule has 0 amide bonds. The molecule has 2 heteroatoms. The summed E-state index contributed by atoms with van der Waals surface area (Å²) < 4.78 is 0. The second-order valence-electron chi connectivity index (χ2n) is 4.45. The molecule has 0 aromatic heterocycles. The molecule has 0 radical (unpaired) electrons. The standard InChI is InChI=1S/C16H17NO/c1-2-12-17(13-14-8-4-3-5-9-14)15-10-6-7-11-16(15)18/h1,3-5,8-10H,6-7,11-13H2. The zero-order valence-electron chi connectivity index (χ0n) is 10.4. The van der Waals surface area contributed by atoms with E-state index in [1.54, 1.807) is 0 Å². The number of hydrogen-bond donors (Lipinski definition) is 0. The molecule has 0 spiro atoms. The van der Waals surface area contributed by atoms with Gasteiger partial charge in [-0.05, 0) is 18.4 Å². The van der Waals surface area contributed by atoms with Crippen LogP contribution >= 0.6 is 0 Å². The molecule has 92 valence electrons. The first-order valence-corrected chi connectivity index (χ1v) is 6.27. The van der Waals surface area contributed by atoms with Gasteiger partial charge in [0.2, 0.25) is 0 Å². The topological polar surface area (TPSA) is 20.3 Å². The molecule has 2 nitrogen and oxygen atoms in total.